The summed E-state index contributed by atoms with van der Waals surface area (Å²) in [7, 11) is 0. The monoisotopic (exact) mass is 552 g/mol. The van der Waals surface area contributed by atoms with Gasteiger partial charge in [0, 0.05) is 37.3 Å². The van der Waals surface area contributed by atoms with E-state index in [1.54, 1.807) is 0 Å². The third kappa shape index (κ3) is 9.04. The lowest BCUT2D eigenvalue weighted by Gasteiger charge is -2.24. The summed E-state index contributed by atoms with van der Waals surface area (Å²) in [6, 6.07) is 0. The van der Waals surface area contributed by atoms with Crippen LogP contribution >= 0.6 is 24.4 Å². The standard InChI is InChI=1S/C25H36N4O6S2/c1-24(2,16-12-34-14-18(30)20(16)32)6-10-28-22(36)26-8-5-9-27-23(37)29-11-7-25(3,4)17-13-35-15-19(31)21(17)33/h12-15,30-31H,5-11H2,1-4H3,(H2,26,28,36)(H2,27,29,37). The fourth-order valence-corrected chi connectivity index (χ4v) is 4.03. The number of rotatable bonds is 12. The minimum absolute atomic E-state index is 0.398. The minimum atomic E-state index is -0.501. The predicted octanol–water partition coefficient (Wildman–Crippen LogP) is 2.36. The molecule has 0 aliphatic carbocycles. The highest BCUT2D eigenvalue weighted by molar-refractivity contribution is 7.80. The Kier molecular flexibility index (Phi) is 10.9. The lowest BCUT2D eigenvalue weighted by molar-refractivity contribution is 0.401. The van der Waals surface area contributed by atoms with Crippen LogP contribution < -0.4 is 32.1 Å². The molecule has 37 heavy (non-hydrogen) atoms. The first-order chi connectivity index (χ1) is 17.3. The van der Waals surface area contributed by atoms with Gasteiger partial charge in [-0.15, -0.1) is 0 Å². The number of nitrogens with one attached hydrogen (secondary N) is 4. The molecular formula is C25H36N4O6S2. The average Bonchev–Trinajstić information content (AvgIpc) is 2.81. The molecule has 2 heterocycles. The van der Waals surface area contributed by atoms with Gasteiger partial charge < -0.3 is 40.3 Å². The van der Waals surface area contributed by atoms with Gasteiger partial charge in [0.25, 0.3) is 0 Å². The molecule has 0 aliphatic heterocycles. The van der Waals surface area contributed by atoms with Gasteiger partial charge in [-0.05, 0) is 54.5 Å². The molecule has 0 bridgehead atoms. The van der Waals surface area contributed by atoms with Crippen LogP contribution in [0, 0.1) is 0 Å². The number of hydrogen-bond acceptors (Lipinski definition) is 8. The van der Waals surface area contributed by atoms with E-state index in [1.807, 2.05) is 27.7 Å². The van der Waals surface area contributed by atoms with Crippen LogP contribution in [0.1, 0.15) is 58.1 Å². The Morgan fingerprint density at radius 3 is 1.43 bits per heavy atom. The lowest BCUT2D eigenvalue weighted by Crippen LogP contribution is -2.41. The Morgan fingerprint density at radius 1 is 0.703 bits per heavy atom. The van der Waals surface area contributed by atoms with Crippen molar-refractivity contribution >= 4 is 34.7 Å². The Morgan fingerprint density at radius 2 is 1.05 bits per heavy atom. The lowest BCUT2D eigenvalue weighted by atomic mass is 9.82. The molecule has 0 fully saturated rings. The zero-order chi connectivity index (χ0) is 27.6. The highest BCUT2D eigenvalue weighted by Gasteiger charge is 2.26. The number of hydrogen-bond donors (Lipinski definition) is 6. The van der Waals surface area contributed by atoms with Crippen molar-refractivity contribution in [1.29, 1.82) is 0 Å². The van der Waals surface area contributed by atoms with Gasteiger partial charge >= 0.3 is 0 Å². The summed E-state index contributed by atoms with van der Waals surface area (Å²) in [5.41, 5.74) is -1.03. The van der Waals surface area contributed by atoms with Gasteiger partial charge in [-0.3, -0.25) is 9.59 Å². The quantitative estimate of drug-likeness (QED) is 0.170. The molecule has 0 spiro atoms. The summed E-state index contributed by atoms with van der Waals surface area (Å²) in [4.78, 5) is 24.3. The number of thiocarbonyl (C=S) groups is 2. The van der Waals surface area contributed by atoms with Crippen LogP contribution in [0.25, 0.3) is 0 Å². The van der Waals surface area contributed by atoms with E-state index in [2.05, 4.69) is 21.3 Å². The molecule has 0 saturated carbocycles. The third-order valence-corrected chi connectivity index (χ3v) is 6.72. The van der Waals surface area contributed by atoms with E-state index in [4.69, 9.17) is 33.3 Å². The summed E-state index contributed by atoms with van der Waals surface area (Å²) in [5, 5.41) is 32.7. The van der Waals surface area contributed by atoms with Gasteiger partial charge in [0.2, 0.25) is 10.9 Å². The molecule has 12 heteroatoms. The molecule has 204 valence electrons. The predicted molar refractivity (Wildman–Crippen MR) is 150 cm³/mol. The second-order valence-corrected chi connectivity index (χ2v) is 10.8. The third-order valence-electron chi connectivity index (χ3n) is 6.14. The normalized spacial score (nSPS) is 11.6. The van der Waals surface area contributed by atoms with Gasteiger partial charge in [-0.2, -0.15) is 0 Å². The molecule has 6 N–H and O–H groups in total. The topological polar surface area (TPSA) is 149 Å². The second-order valence-electron chi connectivity index (χ2n) is 9.99. The summed E-state index contributed by atoms with van der Waals surface area (Å²) < 4.78 is 10.1. The maximum Gasteiger partial charge on any atom is 0.230 e. The van der Waals surface area contributed by atoms with Crippen molar-refractivity contribution in [1.82, 2.24) is 21.3 Å². The highest BCUT2D eigenvalue weighted by atomic mass is 32.1. The van der Waals surface area contributed by atoms with E-state index in [-0.39, 0.29) is 0 Å². The zero-order valence-corrected chi connectivity index (χ0v) is 23.2. The minimum Gasteiger partial charge on any atom is -0.502 e. The maximum atomic E-state index is 12.1. The van der Waals surface area contributed by atoms with E-state index >= 15 is 0 Å². The molecule has 2 rings (SSSR count). The first kappa shape index (κ1) is 30.1. The van der Waals surface area contributed by atoms with Gasteiger partial charge in [-0.25, -0.2) is 0 Å². The highest BCUT2D eigenvalue weighted by Crippen LogP contribution is 2.26. The first-order valence-corrected chi connectivity index (χ1v) is 12.8. The molecule has 0 saturated heterocycles. The molecule has 0 aromatic carbocycles. The molecule has 0 amide bonds. The largest absolute Gasteiger partial charge is 0.502 e. The second kappa shape index (κ2) is 13.4. The molecular weight excluding hydrogens is 516 g/mol. The van der Waals surface area contributed by atoms with Crippen molar-refractivity contribution < 1.29 is 19.0 Å². The molecule has 0 unspecified atom stereocenters. The van der Waals surface area contributed by atoms with Crippen molar-refractivity contribution in [2.45, 2.75) is 57.8 Å². The van der Waals surface area contributed by atoms with Crippen molar-refractivity contribution in [2.24, 2.45) is 0 Å². The van der Waals surface area contributed by atoms with Crippen LogP contribution in [-0.4, -0.2) is 46.6 Å². The van der Waals surface area contributed by atoms with E-state index < -0.39 is 33.2 Å². The van der Waals surface area contributed by atoms with Crippen LogP contribution in [0.2, 0.25) is 0 Å². The van der Waals surface area contributed by atoms with Crippen LogP contribution in [-0.2, 0) is 10.8 Å². The van der Waals surface area contributed by atoms with Crippen molar-refractivity contribution in [3.05, 3.63) is 56.6 Å². The first-order valence-electron chi connectivity index (χ1n) is 12.0. The fraction of sp³-hybridized carbons (Fsp3) is 0.520. The van der Waals surface area contributed by atoms with E-state index in [1.165, 1.54) is 12.5 Å². The summed E-state index contributed by atoms with van der Waals surface area (Å²) >= 11 is 10.6. The van der Waals surface area contributed by atoms with Gasteiger partial charge in [-0.1, -0.05) is 27.7 Å². The zero-order valence-electron chi connectivity index (χ0n) is 21.6. The smallest absolute Gasteiger partial charge is 0.230 e. The van der Waals surface area contributed by atoms with Crippen LogP contribution in [0.4, 0.5) is 0 Å². The molecule has 0 radical (unpaired) electrons. The molecule has 0 aliphatic rings. The van der Waals surface area contributed by atoms with Crippen LogP contribution in [0.5, 0.6) is 11.5 Å². The van der Waals surface area contributed by atoms with Gasteiger partial charge in [0.15, 0.2) is 21.7 Å². The van der Waals surface area contributed by atoms with Crippen molar-refractivity contribution in [3.8, 4) is 11.5 Å². The Balaban J connectivity index is 1.60. The van der Waals surface area contributed by atoms with Gasteiger partial charge in [0.1, 0.15) is 12.5 Å². The van der Waals surface area contributed by atoms with E-state index in [9.17, 15) is 19.8 Å². The Hall–Kier alpha value is -3.12. The molecule has 0 atom stereocenters. The SMILES string of the molecule is CC(C)(CCNC(=S)NCCCNC(=S)NCCC(C)(C)c1cocc(O)c1=O)c1cocc(O)c1=O. The summed E-state index contributed by atoms with van der Waals surface area (Å²) in [5.74, 6) is -0.796. The van der Waals surface area contributed by atoms with Crippen LogP contribution in [0.15, 0.2) is 43.5 Å². The Labute approximate surface area is 226 Å². The number of aromatic hydroxyl groups is 2. The van der Waals surface area contributed by atoms with Crippen LogP contribution in [0.3, 0.4) is 0 Å². The maximum absolute atomic E-state index is 12.1. The molecule has 10 nitrogen and oxygen atoms in total. The molecule has 2 aromatic rings. The summed E-state index contributed by atoms with van der Waals surface area (Å²) in [6.07, 6.45) is 6.79. The average molecular weight is 553 g/mol. The summed E-state index contributed by atoms with van der Waals surface area (Å²) in [6.45, 7) is 9.99. The van der Waals surface area contributed by atoms with E-state index in [0.717, 1.165) is 18.9 Å². The van der Waals surface area contributed by atoms with Gasteiger partial charge in [0.05, 0.1) is 12.5 Å². The van der Waals surface area contributed by atoms with Crippen molar-refractivity contribution in [3.63, 3.8) is 0 Å². The molecule has 2 aromatic heterocycles. The van der Waals surface area contributed by atoms with Crippen molar-refractivity contribution in [2.75, 3.05) is 26.2 Å². The Bertz CT molecular complexity index is 1100. The fourth-order valence-electron chi connectivity index (χ4n) is 3.62. The van der Waals surface area contributed by atoms with E-state index in [0.29, 0.717) is 60.4 Å².